The van der Waals surface area contributed by atoms with Gasteiger partial charge in [-0.3, -0.25) is 4.79 Å². The molecule has 2 aromatic carbocycles. The Labute approximate surface area is 178 Å². The first-order valence-electron chi connectivity index (χ1n) is 9.99. The number of nitrogens with zero attached hydrogens (tertiary/aromatic N) is 2. The van der Waals surface area contributed by atoms with Crippen LogP contribution in [0.2, 0.25) is 0 Å². The van der Waals surface area contributed by atoms with Crippen molar-refractivity contribution in [1.29, 1.82) is 0 Å². The van der Waals surface area contributed by atoms with Crippen molar-refractivity contribution in [3.63, 3.8) is 0 Å². The van der Waals surface area contributed by atoms with Crippen LogP contribution in [0.25, 0.3) is 5.57 Å². The lowest BCUT2D eigenvalue weighted by Gasteiger charge is -2.11. The van der Waals surface area contributed by atoms with Crippen molar-refractivity contribution in [2.75, 3.05) is 5.32 Å². The van der Waals surface area contributed by atoms with Gasteiger partial charge in [0.2, 0.25) is 0 Å². The number of anilines is 1. The van der Waals surface area contributed by atoms with Crippen LogP contribution in [0, 0.1) is 5.82 Å². The first-order chi connectivity index (χ1) is 14.4. The number of allylic oxidation sites excluding steroid dienone is 2. The molecule has 0 atom stereocenters. The highest BCUT2D eigenvalue weighted by molar-refractivity contribution is 6.05. The molecule has 0 heterocycles. The van der Waals surface area contributed by atoms with Gasteiger partial charge in [0.1, 0.15) is 11.7 Å². The van der Waals surface area contributed by atoms with E-state index in [0.717, 1.165) is 24.0 Å². The molecule has 30 heavy (non-hydrogen) atoms. The van der Waals surface area contributed by atoms with Crippen LogP contribution in [0.15, 0.2) is 58.7 Å². The summed E-state index contributed by atoms with van der Waals surface area (Å²) in [5, 5.41) is 9.79. The summed E-state index contributed by atoms with van der Waals surface area (Å²) in [6, 6.07) is 12.3. The van der Waals surface area contributed by atoms with Gasteiger partial charge < -0.3 is 11.1 Å². The highest BCUT2D eigenvalue weighted by atomic mass is 19.1. The number of carbonyl (C=O) groups excluding carboxylic acids is 1. The zero-order valence-electron chi connectivity index (χ0n) is 18.4. The second kappa shape index (κ2) is 13.0. The normalized spacial score (nSPS) is 11.8. The van der Waals surface area contributed by atoms with Gasteiger partial charge in [0, 0.05) is 23.0 Å². The van der Waals surface area contributed by atoms with Crippen molar-refractivity contribution in [2.45, 2.75) is 47.5 Å². The zero-order valence-corrected chi connectivity index (χ0v) is 18.4. The largest absolute Gasteiger partial charge is 0.386 e. The molecule has 0 bridgehead atoms. The van der Waals surface area contributed by atoms with Gasteiger partial charge in [-0.15, -0.1) is 5.10 Å². The molecular formula is C24H31FN4O. The van der Waals surface area contributed by atoms with Crippen LogP contribution in [-0.2, 0) is 6.42 Å². The lowest BCUT2D eigenvalue weighted by atomic mass is 10.0. The van der Waals surface area contributed by atoms with Crippen LogP contribution < -0.4 is 11.1 Å². The van der Waals surface area contributed by atoms with E-state index in [1.54, 1.807) is 38.3 Å². The van der Waals surface area contributed by atoms with Crippen molar-refractivity contribution in [1.82, 2.24) is 0 Å². The Balaban J connectivity index is 0.000000553. The maximum atomic E-state index is 14.3. The summed E-state index contributed by atoms with van der Waals surface area (Å²) in [6.07, 6.45) is 5.03. The molecule has 0 aromatic heterocycles. The lowest BCUT2D eigenvalue weighted by Crippen LogP contribution is -2.14. The summed E-state index contributed by atoms with van der Waals surface area (Å²) >= 11 is 0. The number of nitrogens with two attached hydrogens (primary N) is 1. The summed E-state index contributed by atoms with van der Waals surface area (Å²) in [6.45, 7) is 9.37. The molecule has 5 nitrogen and oxygen atoms in total. The smallest absolute Gasteiger partial charge is 0.255 e. The van der Waals surface area contributed by atoms with Gasteiger partial charge >= 0.3 is 0 Å². The minimum atomic E-state index is -0.318. The van der Waals surface area contributed by atoms with Gasteiger partial charge in [-0.1, -0.05) is 38.1 Å². The molecule has 0 spiro atoms. The number of rotatable bonds is 6. The molecule has 1 amide bonds. The SMILES string of the molecule is C/C=C(\CC)c1ccc(NC(=O)c2ccccc2CC)cc1F.C/C=N\N=C(\C)N. The molecule has 0 aliphatic rings. The summed E-state index contributed by atoms with van der Waals surface area (Å²) in [5.74, 6) is -0.0454. The van der Waals surface area contributed by atoms with E-state index >= 15 is 0 Å². The predicted molar refractivity (Wildman–Crippen MR) is 126 cm³/mol. The highest BCUT2D eigenvalue weighted by Crippen LogP contribution is 2.24. The molecule has 0 radical (unpaired) electrons. The minimum Gasteiger partial charge on any atom is -0.386 e. The molecular weight excluding hydrogens is 379 g/mol. The number of amidine groups is 1. The van der Waals surface area contributed by atoms with E-state index in [0.29, 0.717) is 22.6 Å². The molecule has 0 saturated heterocycles. The molecule has 0 fully saturated rings. The van der Waals surface area contributed by atoms with Crippen molar-refractivity contribution < 1.29 is 9.18 Å². The second-order valence-corrected chi connectivity index (χ2v) is 6.44. The molecule has 6 heteroatoms. The topological polar surface area (TPSA) is 79.8 Å². The maximum Gasteiger partial charge on any atom is 0.255 e. The fourth-order valence-corrected chi connectivity index (χ4v) is 2.80. The van der Waals surface area contributed by atoms with E-state index in [2.05, 4.69) is 15.5 Å². The summed E-state index contributed by atoms with van der Waals surface area (Å²) in [7, 11) is 0. The van der Waals surface area contributed by atoms with Crippen LogP contribution in [0.1, 0.15) is 62.5 Å². The van der Waals surface area contributed by atoms with Gasteiger partial charge in [-0.2, -0.15) is 5.10 Å². The maximum absolute atomic E-state index is 14.3. The Bertz CT molecular complexity index is 929. The third kappa shape index (κ3) is 7.62. The number of aryl methyl sites for hydroxylation is 1. The molecule has 0 aliphatic heterocycles. The number of amides is 1. The lowest BCUT2D eigenvalue weighted by molar-refractivity contribution is 0.102. The van der Waals surface area contributed by atoms with Gasteiger partial charge in [0.25, 0.3) is 5.91 Å². The molecule has 2 rings (SSSR count). The van der Waals surface area contributed by atoms with Crippen molar-refractivity contribution in [3.05, 3.63) is 71.0 Å². The second-order valence-electron chi connectivity index (χ2n) is 6.44. The molecule has 2 aromatic rings. The van der Waals surface area contributed by atoms with E-state index in [1.807, 2.05) is 45.0 Å². The van der Waals surface area contributed by atoms with E-state index in [1.165, 1.54) is 6.07 Å². The molecule has 0 aliphatic carbocycles. The van der Waals surface area contributed by atoms with Gasteiger partial charge in [0.05, 0.1) is 0 Å². The van der Waals surface area contributed by atoms with Crippen LogP contribution in [0.5, 0.6) is 0 Å². The van der Waals surface area contributed by atoms with Gasteiger partial charge in [-0.05, 0) is 69.0 Å². The van der Waals surface area contributed by atoms with Gasteiger partial charge in [-0.25, -0.2) is 4.39 Å². The van der Waals surface area contributed by atoms with E-state index in [4.69, 9.17) is 5.73 Å². The summed E-state index contributed by atoms with van der Waals surface area (Å²) in [5.41, 5.74) is 8.72. The first-order valence-corrected chi connectivity index (χ1v) is 9.99. The third-order valence-corrected chi connectivity index (χ3v) is 4.28. The number of nitrogens with one attached hydrogen (secondary N) is 1. The van der Waals surface area contributed by atoms with Crippen LogP contribution >= 0.6 is 0 Å². The average Bonchev–Trinajstić information content (AvgIpc) is 2.74. The van der Waals surface area contributed by atoms with Crippen LogP contribution in [0.4, 0.5) is 10.1 Å². The van der Waals surface area contributed by atoms with Gasteiger partial charge in [0.15, 0.2) is 0 Å². The highest BCUT2D eigenvalue weighted by Gasteiger charge is 2.12. The number of hydrogen-bond donors (Lipinski definition) is 2. The molecule has 0 unspecified atom stereocenters. The number of halogens is 1. The fourth-order valence-electron chi connectivity index (χ4n) is 2.80. The molecule has 160 valence electrons. The van der Waals surface area contributed by atoms with E-state index < -0.39 is 0 Å². The number of carbonyl (C=O) groups is 1. The number of benzene rings is 2. The van der Waals surface area contributed by atoms with E-state index in [9.17, 15) is 9.18 Å². The average molecular weight is 411 g/mol. The van der Waals surface area contributed by atoms with Crippen molar-refractivity contribution in [3.8, 4) is 0 Å². The molecule has 0 saturated carbocycles. The predicted octanol–water partition coefficient (Wildman–Crippen LogP) is 5.82. The fraction of sp³-hybridized carbons (Fsp3) is 0.292. The minimum absolute atomic E-state index is 0.212. The van der Waals surface area contributed by atoms with Crippen molar-refractivity contribution >= 4 is 29.2 Å². The van der Waals surface area contributed by atoms with Crippen molar-refractivity contribution in [2.24, 2.45) is 15.9 Å². The Morgan fingerprint density at radius 3 is 2.33 bits per heavy atom. The standard InChI is InChI=1S/C20H22FNO.C4H9N3/c1-4-14(5-2)17-12-11-16(13-19(17)21)22-20(23)18-10-8-7-9-15(18)6-3;1-3-6-7-4(2)5/h4,7-13H,5-6H2,1-3H3,(H,22,23);3H,1-2H3,(H2,5,7)/b14-4+;6-3-. The Morgan fingerprint density at radius 2 is 1.83 bits per heavy atom. The Morgan fingerprint density at radius 1 is 1.13 bits per heavy atom. The Kier molecular flexibility index (Phi) is 10.8. The zero-order chi connectivity index (χ0) is 22.5. The van der Waals surface area contributed by atoms with Crippen LogP contribution in [0.3, 0.4) is 0 Å². The number of hydrogen-bond acceptors (Lipinski definition) is 3. The van der Waals surface area contributed by atoms with E-state index in [-0.39, 0.29) is 11.7 Å². The third-order valence-electron chi connectivity index (χ3n) is 4.28. The summed E-state index contributed by atoms with van der Waals surface area (Å²) in [4.78, 5) is 12.4. The summed E-state index contributed by atoms with van der Waals surface area (Å²) < 4.78 is 14.3. The quantitative estimate of drug-likeness (QED) is 0.357. The van der Waals surface area contributed by atoms with Crippen LogP contribution in [-0.4, -0.2) is 18.0 Å². The first kappa shape index (κ1) is 24.8. The Hall–Kier alpha value is -3.28. The molecule has 3 N–H and O–H groups in total. The monoisotopic (exact) mass is 410 g/mol.